The molecule has 0 fully saturated rings. The van der Waals surface area contributed by atoms with Crippen molar-refractivity contribution in [3.63, 3.8) is 0 Å². The summed E-state index contributed by atoms with van der Waals surface area (Å²) < 4.78 is 0. The van der Waals surface area contributed by atoms with Crippen LogP contribution >= 0.6 is 0 Å². The minimum Gasteiger partial charge on any atom is -0.481 e. The highest BCUT2D eigenvalue weighted by Gasteiger charge is 2.14. The lowest BCUT2D eigenvalue weighted by Gasteiger charge is -2.12. The quantitative estimate of drug-likeness (QED) is 0.880. The van der Waals surface area contributed by atoms with E-state index in [1.165, 1.54) is 0 Å². The van der Waals surface area contributed by atoms with Gasteiger partial charge >= 0.3 is 5.97 Å². The number of aliphatic carboxylic acids is 1. The first-order valence-electron chi connectivity index (χ1n) is 6.09. The summed E-state index contributed by atoms with van der Waals surface area (Å²) in [5.41, 5.74) is 2.73. The fourth-order valence-electron chi connectivity index (χ4n) is 1.81. The number of carboxylic acid groups (broad SMARTS) is 1. The minimum atomic E-state index is -0.815. The number of aryl methyl sites for hydroxylation is 1. The molecule has 1 heterocycles. The zero-order chi connectivity index (χ0) is 13.8. The van der Waals surface area contributed by atoms with E-state index in [1.807, 2.05) is 43.3 Å². The molecule has 0 bridgehead atoms. The van der Waals surface area contributed by atoms with E-state index in [1.54, 1.807) is 13.1 Å². The average molecular weight is 256 g/mol. The van der Waals surface area contributed by atoms with Crippen molar-refractivity contribution in [2.45, 2.75) is 19.8 Å². The summed E-state index contributed by atoms with van der Waals surface area (Å²) in [6.07, 6.45) is 1.72. The second-order valence-corrected chi connectivity index (χ2v) is 4.47. The molecule has 0 radical (unpaired) electrons. The highest BCUT2D eigenvalue weighted by atomic mass is 16.4. The maximum Gasteiger partial charge on any atom is 0.310 e. The van der Waals surface area contributed by atoms with Crippen LogP contribution in [0.15, 0.2) is 42.6 Å². The molecular formula is C15H16N2O2. The third kappa shape index (κ3) is 3.10. The van der Waals surface area contributed by atoms with E-state index >= 15 is 0 Å². The van der Waals surface area contributed by atoms with E-state index in [4.69, 9.17) is 5.11 Å². The largest absolute Gasteiger partial charge is 0.481 e. The molecule has 0 aliphatic heterocycles. The number of carbonyl (C=O) groups is 1. The van der Waals surface area contributed by atoms with E-state index < -0.39 is 11.9 Å². The van der Waals surface area contributed by atoms with E-state index in [-0.39, 0.29) is 0 Å². The summed E-state index contributed by atoms with van der Waals surface area (Å²) in [5, 5.41) is 12.2. The van der Waals surface area contributed by atoms with Gasteiger partial charge in [-0.1, -0.05) is 18.2 Å². The van der Waals surface area contributed by atoms with Crippen molar-refractivity contribution in [2.24, 2.45) is 0 Å². The lowest BCUT2D eigenvalue weighted by Crippen LogP contribution is -2.07. The molecule has 4 nitrogen and oxygen atoms in total. The molecule has 2 N–H and O–H groups in total. The summed E-state index contributed by atoms with van der Waals surface area (Å²) in [4.78, 5) is 15.2. The Morgan fingerprint density at radius 3 is 2.68 bits per heavy atom. The monoisotopic (exact) mass is 256 g/mol. The van der Waals surface area contributed by atoms with Crippen molar-refractivity contribution in [2.75, 3.05) is 5.32 Å². The van der Waals surface area contributed by atoms with Gasteiger partial charge in [-0.05, 0) is 43.2 Å². The van der Waals surface area contributed by atoms with Crippen LogP contribution in [-0.4, -0.2) is 16.1 Å². The number of rotatable bonds is 4. The Bertz CT molecular complexity index is 582. The summed E-state index contributed by atoms with van der Waals surface area (Å²) in [6.45, 7) is 3.63. The molecule has 4 heteroatoms. The number of nitrogens with zero attached hydrogens (tertiary/aromatic N) is 1. The van der Waals surface area contributed by atoms with Crippen molar-refractivity contribution < 1.29 is 9.90 Å². The molecule has 0 aliphatic rings. The normalized spacial score (nSPS) is 11.9. The van der Waals surface area contributed by atoms with Crippen LogP contribution in [0.25, 0.3) is 0 Å². The predicted molar refractivity (Wildman–Crippen MR) is 74.7 cm³/mol. The Hall–Kier alpha value is -2.36. The molecule has 0 amide bonds. The Morgan fingerprint density at radius 2 is 2.11 bits per heavy atom. The van der Waals surface area contributed by atoms with Crippen LogP contribution in [-0.2, 0) is 4.79 Å². The molecule has 0 spiro atoms. The second-order valence-electron chi connectivity index (χ2n) is 4.47. The Morgan fingerprint density at radius 1 is 1.32 bits per heavy atom. The second kappa shape index (κ2) is 5.52. The standard InChI is InChI=1S/C15H16N2O2/c1-10-9-12(11(2)15(18)19)6-7-13(10)17-14-5-3-4-8-16-14/h3-9,11H,1-2H3,(H,16,17)(H,18,19)/t11-/m1/s1. The molecule has 98 valence electrons. The van der Waals surface area contributed by atoms with Crippen LogP contribution < -0.4 is 5.32 Å². The number of benzene rings is 1. The van der Waals surface area contributed by atoms with Crippen LogP contribution in [0.4, 0.5) is 11.5 Å². The summed E-state index contributed by atoms with van der Waals surface area (Å²) in [6, 6.07) is 11.3. The number of aromatic nitrogens is 1. The number of carboxylic acids is 1. The lowest BCUT2D eigenvalue weighted by atomic mass is 9.99. The maximum absolute atomic E-state index is 11.0. The number of nitrogens with one attached hydrogen (secondary N) is 1. The van der Waals surface area contributed by atoms with Crippen LogP contribution in [0.5, 0.6) is 0 Å². The van der Waals surface area contributed by atoms with Gasteiger partial charge in [0.25, 0.3) is 0 Å². The number of hydrogen-bond donors (Lipinski definition) is 2. The third-order valence-electron chi connectivity index (χ3n) is 3.05. The Balaban J connectivity index is 2.23. The zero-order valence-corrected chi connectivity index (χ0v) is 10.9. The summed E-state index contributed by atoms with van der Waals surface area (Å²) >= 11 is 0. The van der Waals surface area contributed by atoms with Crippen LogP contribution in [0.1, 0.15) is 24.0 Å². The van der Waals surface area contributed by atoms with Gasteiger partial charge in [0.15, 0.2) is 0 Å². The van der Waals surface area contributed by atoms with Crippen molar-refractivity contribution in [1.29, 1.82) is 0 Å². The average Bonchev–Trinajstić information content (AvgIpc) is 2.41. The maximum atomic E-state index is 11.0. The molecule has 1 aromatic heterocycles. The predicted octanol–water partition coefficient (Wildman–Crippen LogP) is 3.32. The van der Waals surface area contributed by atoms with Gasteiger partial charge in [0.05, 0.1) is 5.92 Å². The topological polar surface area (TPSA) is 62.2 Å². The Labute approximate surface area is 112 Å². The molecular weight excluding hydrogens is 240 g/mol. The van der Waals surface area contributed by atoms with E-state index in [2.05, 4.69) is 10.3 Å². The van der Waals surface area contributed by atoms with Crippen LogP contribution in [0, 0.1) is 6.92 Å². The van der Waals surface area contributed by atoms with Crippen LogP contribution in [0.2, 0.25) is 0 Å². The highest BCUT2D eigenvalue weighted by Crippen LogP contribution is 2.24. The highest BCUT2D eigenvalue weighted by molar-refractivity contribution is 5.76. The summed E-state index contributed by atoms with van der Waals surface area (Å²) in [7, 11) is 0. The summed E-state index contributed by atoms with van der Waals surface area (Å²) in [5.74, 6) is -0.544. The minimum absolute atomic E-state index is 0.498. The number of pyridine rings is 1. The van der Waals surface area contributed by atoms with E-state index in [9.17, 15) is 4.79 Å². The van der Waals surface area contributed by atoms with E-state index in [0.29, 0.717) is 0 Å². The van der Waals surface area contributed by atoms with Gasteiger partial charge in [-0.3, -0.25) is 4.79 Å². The molecule has 19 heavy (non-hydrogen) atoms. The van der Waals surface area contributed by atoms with Crippen molar-refractivity contribution in [1.82, 2.24) is 4.98 Å². The molecule has 0 saturated carbocycles. The van der Waals surface area contributed by atoms with Crippen molar-refractivity contribution in [3.05, 3.63) is 53.7 Å². The lowest BCUT2D eigenvalue weighted by molar-refractivity contribution is -0.138. The fraction of sp³-hybridized carbons (Fsp3) is 0.200. The third-order valence-corrected chi connectivity index (χ3v) is 3.05. The van der Waals surface area contributed by atoms with Gasteiger partial charge in [0.2, 0.25) is 0 Å². The molecule has 2 aromatic rings. The smallest absolute Gasteiger partial charge is 0.310 e. The first-order valence-corrected chi connectivity index (χ1v) is 6.09. The van der Waals surface area contributed by atoms with Gasteiger partial charge < -0.3 is 10.4 Å². The first kappa shape index (κ1) is 13.1. The van der Waals surface area contributed by atoms with Crippen molar-refractivity contribution >= 4 is 17.5 Å². The fourth-order valence-corrected chi connectivity index (χ4v) is 1.81. The van der Waals surface area contributed by atoms with Gasteiger partial charge in [-0.15, -0.1) is 0 Å². The molecule has 1 aromatic carbocycles. The Kier molecular flexibility index (Phi) is 3.80. The molecule has 2 rings (SSSR count). The molecule has 0 aliphatic carbocycles. The SMILES string of the molecule is Cc1cc([C@@H](C)C(=O)O)ccc1Nc1ccccn1. The van der Waals surface area contributed by atoms with Gasteiger partial charge in [-0.2, -0.15) is 0 Å². The van der Waals surface area contributed by atoms with Gasteiger partial charge in [0, 0.05) is 11.9 Å². The number of anilines is 2. The van der Waals surface area contributed by atoms with Crippen molar-refractivity contribution in [3.8, 4) is 0 Å². The van der Waals surface area contributed by atoms with Crippen LogP contribution in [0.3, 0.4) is 0 Å². The molecule has 0 saturated heterocycles. The van der Waals surface area contributed by atoms with Gasteiger partial charge in [-0.25, -0.2) is 4.98 Å². The molecule has 1 atom stereocenters. The van der Waals surface area contributed by atoms with Gasteiger partial charge in [0.1, 0.15) is 5.82 Å². The van der Waals surface area contributed by atoms with E-state index in [0.717, 1.165) is 22.6 Å². The zero-order valence-electron chi connectivity index (χ0n) is 10.9. The molecule has 0 unspecified atom stereocenters. The number of hydrogen-bond acceptors (Lipinski definition) is 3. The first-order chi connectivity index (χ1) is 9.08.